The van der Waals surface area contributed by atoms with E-state index in [0.29, 0.717) is 11.8 Å². The lowest BCUT2D eigenvalue weighted by Crippen LogP contribution is -2.05. The van der Waals surface area contributed by atoms with E-state index in [1.807, 2.05) is 0 Å². The van der Waals surface area contributed by atoms with E-state index in [0.717, 1.165) is 12.2 Å². The van der Waals surface area contributed by atoms with Crippen LogP contribution in [0.4, 0.5) is 0 Å². The summed E-state index contributed by atoms with van der Waals surface area (Å²) in [6.45, 7) is 8.54. The van der Waals surface area contributed by atoms with Gasteiger partial charge in [0.15, 0.2) is 0 Å². The SMILES string of the molecule is CCOC(=O)c1nnc(SCCC(C)(C)C)o1. The Morgan fingerprint density at radius 1 is 1.41 bits per heavy atom. The lowest BCUT2D eigenvalue weighted by atomic mass is 9.94. The molecule has 0 atom stereocenters. The predicted octanol–water partition coefficient (Wildman–Crippen LogP) is 2.77. The topological polar surface area (TPSA) is 65.2 Å². The number of carbonyl (C=O) groups is 1. The van der Waals surface area contributed by atoms with E-state index < -0.39 is 5.97 Å². The number of esters is 1. The van der Waals surface area contributed by atoms with E-state index in [2.05, 4.69) is 31.0 Å². The van der Waals surface area contributed by atoms with E-state index in [1.165, 1.54) is 11.8 Å². The Morgan fingerprint density at radius 2 is 2.12 bits per heavy atom. The van der Waals surface area contributed by atoms with Gasteiger partial charge in [-0.05, 0) is 18.8 Å². The average Bonchev–Trinajstić information content (AvgIpc) is 2.65. The van der Waals surface area contributed by atoms with E-state index >= 15 is 0 Å². The molecule has 0 aromatic carbocycles. The third-order valence-electron chi connectivity index (χ3n) is 1.93. The molecule has 0 aliphatic rings. The van der Waals surface area contributed by atoms with Crippen LogP contribution in [0.3, 0.4) is 0 Å². The Labute approximate surface area is 105 Å². The van der Waals surface area contributed by atoms with E-state index in [-0.39, 0.29) is 11.3 Å². The Bertz CT molecular complexity index is 371. The second kappa shape index (κ2) is 6.05. The molecule has 0 aliphatic carbocycles. The molecule has 5 nitrogen and oxygen atoms in total. The standard InChI is InChI=1S/C11H18N2O3S/c1-5-15-9(14)8-12-13-10(16-8)17-7-6-11(2,3)4/h5-7H2,1-4H3. The molecule has 17 heavy (non-hydrogen) atoms. The molecule has 0 saturated carbocycles. The minimum absolute atomic E-state index is 0.0786. The maximum atomic E-state index is 11.3. The zero-order chi connectivity index (χ0) is 12.9. The molecule has 96 valence electrons. The van der Waals surface area contributed by atoms with Crippen LogP contribution in [0.5, 0.6) is 0 Å². The minimum Gasteiger partial charge on any atom is -0.459 e. The van der Waals surface area contributed by atoms with Crippen molar-refractivity contribution < 1.29 is 13.9 Å². The van der Waals surface area contributed by atoms with Crippen molar-refractivity contribution in [2.45, 2.75) is 39.3 Å². The van der Waals surface area contributed by atoms with Crippen molar-refractivity contribution >= 4 is 17.7 Å². The molecule has 1 aromatic rings. The van der Waals surface area contributed by atoms with Crippen LogP contribution in [0.25, 0.3) is 0 Å². The van der Waals surface area contributed by atoms with Crippen LogP contribution in [-0.4, -0.2) is 28.5 Å². The molecule has 0 unspecified atom stereocenters. The lowest BCUT2D eigenvalue weighted by Gasteiger charge is -2.16. The summed E-state index contributed by atoms with van der Waals surface area (Å²) >= 11 is 1.46. The summed E-state index contributed by atoms with van der Waals surface area (Å²) in [6, 6.07) is 0. The van der Waals surface area contributed by atoms with Crippen LogP contribution in [0, 0.1) is 5.41 Å². The lowest BCUT2D eigenvalue weighted by molar-refractivity contribution is 0.0475. The summed E-state index contributed by atoms with van der Waals surface area (Å²) < 4.78 is 9.93. The van der Waals surface area contributed by atoms with Crippen LogP contribution >= 0.6 is 11.8 Å². The summed E-state index contributed by atoms with van der Waals surface area (Å²) in [5, 5.41) is 7.84. The van der Waals surface area contributed by atoms with Gasteiger partial charge in [-0.2, -0.15) is 0 Å². The van der Waals surface area contributed by atoms with Gasteiger partial charge < -0.3 is 9.15 Å². The zero-order valence-corrected chi connectivity index (χ0v) is 11.5. The summed E-state index contributed by atoms with van der Waals surface area (Å²) in [4.78, 5) is 11.3. The number of ether oxygens (including phenoxy) is 1. The predicted molar refractivity (Wildman–Crippen MR) is 65.1 cm³/mol. The highest BCUT2D eigenvalue weighted by molar-refractivity contribution is 7.99. The molecule has 0 aliphatic heterocycles. The highest BCUT2D eigenvalue weighted by atomic mass is 32.2. The first-order chi connectivity index (χ1) is 7.92. The van der Waals surface area contributed by atoms with Gasteiger partial charge in [0.25, 0.3) is 5.22 Å². The van der Waals surface area contributed by atoms with Crippen molar-refractivity contribution in [3.05, 3.63) is 5.89 Å². The van der Waals surface area contributed by atoms with Crippen molar-refractivity contribution in [3.63, 3.8) is 0 Å². The summed E-state index contributed by atoms with van der Waals surface area (Å²) in [5.41, 5.74) is 0.275. The highest BCUT2D eigenvalue weighted by Crippen LogP contribution is 2.25. The van der Waals surface area contributed by atoms with Gasteiger partial charge in [0.1, 0.15) is 0 Å². The van der Waals surface area contributed by atoms with Gasteiger partial charge in [-0.1, -0.05) is 37.6 Å². The molecular weight excluding hydrogens is 240 g/mol. The molecule has 1 heterocycles. The molecule has 0 bridgehead atoms. The van der Waals surface area contributed by atoms with Gasteiger partial charge in [-0.25, -0.2) is 4.79 Å². The number of thioether (sulfide) groups is 1. The Balaban J connectivity index is 2.43. The monoisotopic (exact) mass is 258 g/mol. The van der Waals surface area contributed by atoms with Crippen molar-refractivity contribution in [2.75, 3.05) is 12.4 Å². The molecule has 0 saturated heterocycles. The first-order valence-corrected chi connectivity index (χ1v) is 6.54. The maximum Gasteiger partial charge on any atom is 0.396 e. The minimum atomic E-state index is -0.567. The van der Waals surface area contributed by atoms with Crippen LogP contribution < -0.4 is 0 Å². The first-order valence-electron chi connectivity index (χ1n) is 5.56. The molecule has 0 radical (unpaired) electrons. The van der Waals surface area contributed by atoms with Gasteiger partial charge in [-0.15, -0.1) is 5.10 Å². The molecule has 1 rings (SSSR count). The van der Waals surface area contributed by atoms with Gasteiger partial charge in [0.2, 0.25) is 0 Å². The van der Waals surface area contributed by atoms with Gasteiger partial charge >= 0.3 is 11.9 Å². The van der Waals surface area contributed by atoms with Crippen molar-refractivity contribution in [1.82, 2.24) is 10.2 Å². The summed E-state index contributed by atoms with van der Waals surface area (Å²) in [6.07, 6.45) is 1.04. The Morgan fingerprint density at radius 3 is 2.71 bits per heavy atom. The second-order valence-corrected chi connectivity index (χ2v) is 5.80. The van der Waals surface area contributed by atoms with Gasteiger partial charge in [0, 0.05) is 5.75 Å². The number of nitrogens with zero attached hydrogens (tertiary/aromatic N) is 2. The van der Waals surface area contributed by atoms with E-state index in [4.69, 9.17) is 9.15 Å². The molecule has 1 aromatic heterocycles. The van der Waals surface area contributed by atoms with Crippen LogP contribution in [0.2, 0.25) is 0 Å². The van der Waals surface area contributed by atoms with Crippen LogP contribution in [0.15, 0.2) is 9.64 Å². The normalized spacial score (nSPS) is 11.5. The van der Waals surface area contributed by atoms with Crippen molar-refractivity contribution in [3.8, 4) is 0 Å². The van der Waals surface area contributed by atoms with Gasteiger partial charge in [0.05, 0.1) is 6.61 Å². The zero-order valence-electron chi connectivity index (χ0n) is 10.6. The smallest absolute Gasteiger partial charge is 0.396 e. The Kier molecular flexibility index (Phi) is 4.99. The van der Waals surface area contributed by atoms with Crippen LogP contribution in [-0.2, 0) is 4.74 Å². The second-order valence-electron chi connectivity index (χ2n) is 4.75. The van der Waals surface area contributed by atoms with Crippen molar-refractivity contribution in [1.29, 1.82) is 0 Å². The number of rotatable bonds is 5. The van der Waals surface area contributed by atoms with Crippen molar-refractivity contribution in [2.24, 2.45) is 5.41 Å². The molecule has 0 N–H and O–H groups in total. The number of hydrogen-bond donors (Lipinski definition) is 0. The third kappa shape index (κ3) is 5.21. The summed E-state index contributed by atoms with van der Waals surface area (Å²) in [5.74, 6) is 0.237. The summed E-state index contributed by atoms with van der Waals surface area (Å²) in [7, 11) is 0. The van der Waals surface area contributed by atoms with Crippen LogP contribution in [0.1, 0.15) is 44.8 Å². The molecular formula is C11H18N2O3S. The maximum absolute atomic E-state index is 11.3. The highest BCUT2D eigenvalue weighted by Gasteiger charge is 2.17. The first kappa shape index (κ1) is 14.0. The molecule has 6 heteroatoms. The fourth-order valence-electron chi connectivity index (χ4n) is 0.988. The number of aromatic nitrogens is 2. The fourth-order valence-corrected chi connectivity index (χ4v) is 2.11. The molecule has 0 spiro atoms. The number of hydrogen-bond acceptors (Lipinski definition) is 6. The quantitative estimate of drug-likeness (QED) is 0.597. The third-order valence-corrected chi connectivity index (χ3v) is 2.75. The van der Waals surface area contributed by atoms with E-state index in [1.54, 1.807) is 6.92 Å². The van der Waals surface area contributed by atoms with E-state index in [9.17, 15) is 4.79 Å². The number of carbonyl (C=O) groups excluding carboxylic acids is 1. The van der Waals surface area contributed by atoms with Gasteiger partial charge in [-0.3, -0.25) is 0 Å². The largest absolute Gasteiger partial charge is 0.459 e. The Hall–Kier alpha value is -1.04. The fraction of sp³-hybridized carbons (Fsp3) is 0.727. The molecule has 0 fully saturated rings. The molecule has 0 amide bonds. The average molecular weight is 258 g/mol.